The third-order valence-electron chi connectivity index (χ3n) is 3.50. The molecule has 1 fully saturated rings. The number of imidazole rings is 1. The topological polar surface area (TPSA) is 74.5 Å². The van der Waals surface area contributed by atoms with E-state index in [-0.39, 0.29) is 6.10 Å². The van der Waals surface area contributed by atoms with Crippen LogP contribution in [-0.2, 0) is 0 Å². The smallest absolute Gasteiger partial charge is 0.180 e. The normalized spacial score (nSPS) is 22.2. The summed E-state index contributed by atoms with van der Waals surface area (Å²) in [5, 5.41) is 15.9. The van der Waals surface area contributed by atoms with Crippen LogP contribution in [-0.4, -0.2) is 38.7 Å². The molecule has 0 aliphatic heterocycles. The highest BCUT2D eigenvalue weighted by molar-refractivity contribution is 5.65. The van der Waals surface area contributed by atoms with E-state index >= 15 is 0 Å². The number of aliphatic hydroxyl groups excluding tert-OH is 1. The van der Waals surface area contributed by atoms with Gasteiger partial charge in [-0.3, -0.25) is 0 Å². The molecule has 0 aromatic carbocycles. The first kappa shape index (κ1) is 12.2. The Morgan fingerprint density at radius 3 is 3.00 bits per heavy atom. The molecule has 0 bridgehead atoms. The Morgan fingerprint density at radius 1 is 1.42 bits per heavy atom. The number of aromatic nitrogens is 3. The minimum Gasteiger partial charge on any atom is -0.393 e. The van der Waals surface area contributed by atoms with E-state index in [9.17, 15) is 5.11 Å². The molecule has 3 rings (SSSR count). The Labute approximate surface area is 111 Å². The summed E-state index contributed by atoms with van der Waals surface area (Å²) in [6, 6.07) is 0. The molecule has 2 heterocycles. The number of nitrogens with zero attached hydrogens (tertiary/aromatic N) is 3. The van der Waals surface area contributed by atoms with E-state index in [2.05, 4.69) is 20.6 Å². The van der Waals surface area contributed by atoms with Gasteiger partial charge in [0.15, 0.2) is 11.5 Å². The quantitative estimate of drug-likeness (QED) is 0.757. The molecule has 0 radical (unpaired) electrons. The van der Waals surface area contributed by atoms with E-state index in [1.54, 1.807) is 6.20 Å². The average Bonchev–Trinajstić information content (AvgIpc) is 2.81. The Kier molecular flexibility index (Phi) is 3.25. The molecule has 6 heteroatoms. The highest BCUT2D eigenvalue weighted by atomic mass is 16.3. The average molecular weight is 261 g/mol. The van der Waals surface area contributed by atoms with Crippen LogP contribution in [0.15, 0.2) is 18.6 Å². The molecule has 0 saturated heterocycles. The van der Waals surface area contributed by atoms with Crippen molar-refractivity contribution in [2.24, 2.45) is 5.92 Å². The first-order chi connectivity index (χ1) is 9.26. The van der Waals surface area contributed by atoms with Gasteiger partial charge < -0.3 is 20.1 Å². The van der Waals surface area contributed by atoms with E-state index in [0.29, 0.717) is 5.92 Å². The van der Waals surface area contributed by atoms with Crippen molar-refractivity contribution in [3.8, 4) is 0 Å². The largest absolute Gasteiger partial charge is 0.393 e. The minimum absolute atomic E-state index is 0.112. The fraction of sp³-hybridized carbons (Fsp3) is 0.538. The predicted molar refractivity (Wildman–Crippen MR) is 74.4 cm³/mol. The van der Waals surface area contributed by atoms with Crippen molar-refractivity contribution >= 4 is 17.3 Å². The summed E-state index contributed by atoms with van der Waals surface area (Å²) in [6.45, 7) is 3.71. The molecule has 1 aliphatic carbocycles. The van der Waals surface area contributed by atoms with Gasteiger partial charge in [0.2, 0.25) is 0 Å². The molecule has 1 saturated carbocycles. The molecule has 0 amide bonds. The van der Waals surface area contributed by atoms with E-state index < -0.39 is 0 Å². The molecule has 1 aliphatic rings. The SMILES string of the molecule is CCNc1cn2ccnc2c(NCC2CC(O)C2)n1. The van der Waals surface area contributed by atoms with Crippen molar-refractivity contribution in [2.75, 3.05) is 23.7 Å². The summed E-state index contributed by atoms with van der Waals surface area (Å²) in [6.07, 6.45) is 7.26. The third kappa shape index (κ3) is 2.49. The van der Waals surface area contributed by atoms with E-state index in [4.69, 9.17) is 0 Å². The van der Waals surface area contributed by atoms with Gasteiger partial charge >= 0.3 is 0 Å². The standard InChI is InChI=1S/C13H19N5O/c1-2-14-11-8-18-4-3-15-13(18)12(17-11)16-7-9-5-10(19)6-9/h3-4,8-10,14,19H,2,5-7H2,1H3,(H,16,17). The van der Waals surface area contributed by atoms with Crippen LogP contribution in [0.25, 0.3) is 5.65 Å². The van der Waals surface area contributed by atoms with Crippen LogP contribution >= 0.6 is 0 Å². The van der Waals surface area contributed by atoms with Crippen LogP contribution in [0.1, 0.15) is 19.8 Å². The van der Waals surface area contributed by atoms with Crippen LogP contribution in [0, 0.1) is 5.92 Å². The van der Waals surface area contributed by atoms with Crippen molar-refractivity contribution < 1.29 is 5.11 Å². The van der Waals surface area contributed by atoms with Crippen LogP contribution in [0.3, 0.4) is 0 Å². The van der Waals surface area contributed by atoms with E-state index in [0.717, 1.165) is 43.2 Å². The summed E-state index contributed by atoms with van der Waals surface area (Å²) < 4.78 is 1.96. The van der Waals surface area contributed by atoms with Crippen molar-refractivity contribution in [2.45, 2.75) is 25.9 Å². The number of hydrogen-bond donors (Lipinski definition) is 3. The molecule has 0 unspecified atom stereocenters. The molecule has 0 spiro atoms. The van der Waals surface area contributed by atoms with Gasteiger partial charge in [-0.1, -0.05) is 0 Å². The van der Waals surface area contributed by atoms with Gasteiger partial charge in [0, 0.05) is 25.5 Å². The number of fused-ring (bicyclic) bond motifs is 1. The molecule has 102 valence electrons. The van der Waals surface area contributed by atoms with Crippen molar-refractivity contribution in [3.63, 3.8) is 0 Å². The molecule has 0 atom stereocenters. The summed E-state index contributed by atoms with van der Waals surface area (Å²) in [4.78, 5) is 8.86. The number of anilines is 2. The van der Waals surface area contributed by atoms with Gasteiger partial charge in [0.25, 0.3) is 0 Å². The number of hydrogen-bond acceptors (Lipinski definition) is 5. The lowest BCUT2D eigenvalue weighted by atomic mass is 9.82. The summed E-state index contributed by atoms with van der Waals surface area (Å²) in [7, 11) is 0. The molecule has 3 N–H and O–H groups in total. The van der Waals surface area contributed by atoms with Gasteiger partial charge in [0.05, 0.1) is 12.3 Å². The second-order valence-electron chi connectivity index (χ2n) is 5.04. The van der Waals surface area contributed by atoms with Gasteiger partial charge in [-0.05, 0) is 25.7 Å². The Bertz CT molecular complexity index is 561. The number of nitrogens with one attached hydrogen (secondary N) is 2. The molecule has 2 aromatic heterocycles. The predicted octanol–water partition coefficient (Wildman–Crippen LogP) is 1.34. The zero-order chi connectivity index (χ0) is 13.2. The highest BCUT2D eigenvalue weighted by Gasteiger charge is 2.27. The van der Waals surface area contributed by atoms with Crippen LogP contribution in [0.4, 0.5) is 11.6 Å². The van der Waals surface area contributed by atoms with Gasteiger partial charge in [-0.25, -0.2) is 9.97 Å². The van der Waals surface area contributed by atoms with Crippen molar-refractivity contribution in [3.05, 3.63) is 18.6 Å². The summed E-state index contributed by atoms with van der Waals surface area (Å²) in [5.74, 6) is 2.17. The fourth-order valence-corrected chi connectivity index (χ4v) is 2.42. The molecule has 6 nitrogen and oxygen atoms in total. The fourth-order valence-electron chi connectivity index (χ4n) is 2.42. The van der Waals surface area contributed by atoms with Crippen LogP contribution in [0.2, 0.25) is 0 Å². The van der Waals surface area contributed by atoms with Crippen molar-refractivity contribution in [1.29, 1.82) is 0 Å². The Hall–Kier alpha value is -1.82. The van der Waals surface area contributed by atoms with E-state index in [1.165, 1.54) is 0 Å². The van der Waals surface area contributed by atoms with Gasteiger partial charge in [-0.15, -0.1) is 0 Å². The first-order valence-corrected chi connectivity index (χ1v) is 6.75. The highest BCUT2D eigenvalue weighted by Crippen LogP contribution is 2.27. The first-order valence-electron chi connectivity index (χ1n) is 6.75. The number of aliphatic hydroxyl groups is 1. The Balaban J connectivity index is 1.77. The molecular weight excluding hydrogens is 242 g/mol. The van der Waals surface area contributed by atoms with Gasteiger partial charge in [0.1, 0.15) is 5.82 Å². The minimum atomic E-state index is -0.112. The second kappa shape index (κ2) is 5.05. The summed E-state index contributed by atoms with van der Waals surface area (Å²) in [5.41, 5.74) is 0.835. The maximum atomic E-state index is 9.30. The van der Waals surface area contributed by atoms with Crippen LogP contribution < -0.4 is 10.6 Å². The lowest BCUT2D eigenvalue weighted by molar-refractivity contribution is 0.0486. The molecular formula is C13H19N5O. The number of rotatable bonds is 5. The lowest BCUT2D eigenvalue weighted by Gasteiger charge is -2.31. The van der Waals surface area contributed by atoms with Crippen molar-refractivity contribution in [1.82, 2.24) is 14.4 Å². The zero-order valence-electron chi connectivity index (χ0n) is 11.0. The maximum absolute atomic E-state index is 9.30. The zero-order valence-corrected chi connectivity index (χ0v) is 11.0. The Morgan fingerprint density at radius 2 is 2.26 bits per heavy atom. The maximum Gasteiger partial charge on any atom is 0.180 e. The second-order valence-corrected chi connectivity index (χ2v) is 5.04. The molecule has 19 heavy (non-hydrogen) atoms. The van der Waals surface area contributed by atoms with Crippen LogP contribution in [0.5, 0.6) is 0 Å². The lowest BCUT2D eigenvalue weighted by Crippen LogP contribution is -2.33. The van der Waals surface area contributed by atoms with E-state index in [1.807, 2.05) is 23.7 Å². The molecule has 2 aromatic rings. The van der Waals surface area contributed by atoms with Gasteiger partial charge in [-0.2, -0.15) is 0 Å². The third-order valence-corrected chi connectivity index (χ3v) is 3.50. The summed E-state index contributed by atoms with van der Waals surface area (Å²) >= 11 is 0. The monoisotopic (exact) mass is 261 g/mol.